The third-order valence-corrected chi connectivity index (χ3v) is 2.94. The summed E-state index contributed by atoms with van der Waals surface area (Å²) in [6, 6.07) is 12.3. The van der Waals surface area contributed by atoms with Gasteiger partial charge in [-0.3, -0.25) is 4.79 Å². The summed E-state index contributed by atoms with van der Waals surface area (Å²) in [6.45, 7) is 1.83. The van der Waals surface area contributed by atoms with Crippen LogP contribution in [0.2, 0.25) is 5.02 Å². The Labute approximate surface area is 122 Å². The van der Waals surface area contributed by atoms with Gasteiger partial charge >= 0.3 is 0 Å². The van der Waals surface area contributed by atoms with Gasteiger partial charge in [0.05, 0.1) is 5.02 Å². The van der Waals surface area contributed by atoms with Crippen LogP contribution in [0.1, 0.15) is 5.56 Å². The van der Waals surface area contributed by atoms with Crippen molar-refractivity contribution >= 4 is 28.9 Å². The molecule has 0 fully saturated rings. The smallest absolute Gasteiger partial charge is 0.262 e. The topological polar surface area (TPSA) is 64.3 Å². The van der Waals surface area contributed by atoms with Crippen molar-refractivity contribution in [1.29, 1.82) is 0 Å². The van der Waals surface area contributed by atoms with E-state index in [1.807, 2.05) is 13.0 Å². The normalized spacial score (nSPS) is 10.1. The molecule has 5 heteroatoms. The standard InChI is InChI=1S/C15H15ClN2O2/c1-10-2-7-14(13(16)8-10)20-9-15(19)18-12-5-3-11(17)4-6-12/h2-8H,9,17H2,1H3,(H,18,19). The van der Waals surface area contributed by atoms with Crippen LogP contribution in [0.3, 0.4) is 0 Å². The zero-order valence-corrected chi connectivity index (χ0v) is 11.8. The second kappa shape index (κ2) is 6.30. The minimum absolute atomic E-state index is 0.104. The highest BCUT2D eigenvalue weighted by Crippen LogP contribution is 2.25. The van der Waals surface area contributed by atoms with Gasteiger partial charge in [-0.15, -0.1) is 0 Å². The number of nitrogen functional groups attached to an aromatic ring is 1. The summed E-state index contributed by atoms with van der Waals surface area (Å²) in [5.74, 6) is 0.233. The molecule has 1 amide bonds. The van der Waals surface area contributed by atoms with E-state index >= 15 is 0 Å². The predicted octanol–water partition coefficient (Wildman–Crippen LogP) is 3.25. The second-order valence-electron chi connectivity index (χ2n) is 4.39. The molecule has 0 radical (unpaired) electrons. The number of hydrogen-bond acceptors (Lipinski definition) is 3. The number of ether oxygens (including phenoxy) is 1. The molecule has 0 atom stereocenters. The number of rotatable bonds is 4. The molecule has 4 nitrogen and oxygen atoms in total. The summed E-state index contributed by atoms with van der Waals surface area (Å²) in [5, 5.41) is 3.20. The molecule has 2 aromatic rings. The number of aryl methyl sites for hydroxylation is 1. The van der Waals surface area contributed by atoms with Crippen LogP contribution in [0.4, 0.5) is 11.4 Å². The average Bonchev–Trinajstić information content (AvgIpc) is 2.40. The maximum Gasteiger partial charge on any atom is 0.262 e. The molecule has 2 aromatic carbocycles. The highest BCUT2D eigenvalue weighted by Gasteiger charge is 2.06. The lowest BCUT2D eigenvalue weighted by Crippen LogP contribution is -2.20. The van der Waals surface area contributed by atoms with Gasteiger partial charge < -0.3 is 15.8 Å². The number of carbonyl (C=O) groups is 1. The molecule has 104 valence electrons. The second-order valence-corrected chi connectivity index (χ2v) is 4.80. The molecule has 0 aliphatic rings. The van der Waals surface area contributed by atoms with Crippen molar-refractivity contribution in [3.8, 4) is 5.75 Å². The minimum atomic E-state index is -0.258. The van der Waals surface area contributed by atoms with Gasteiger partial charge in [-0.1, -0.05) is 17.7 Å². The monoisotopic (exact) mass is 290 g/mol. The predicted molar refractivity (Wildman–Crippen MR) is 81.2 cm³/mol. The molecule has 0 saturated heterocycles. The van der Waals surface area contributed by atoms with Crippen LogP contribution in [-0.4, -0.2) is 12.5 Å². The van der Waals surface area contributed by atoms with Crippen molar-refractivity contribution < 1.29 is 9.53 Å². The molecular formula is C15H15ClN2O2. The van der Waals surface area contributed by atoms with Crippen LogP contribution in [0.25, 0.3) is 0 Å². The van der Waals surface area contributed by atoms with Gasteiger partial charge in [0.15, 0.2) is 6.61 Å². The van der Waals surface area contributed by atoms with Crippen molar-refractivity contribution in [2.24, 2.45) is 0 Å². The van der Waals surface area contributed by atoms with E-state index in [9.17, 15) is 4.79 Å². The number of benzene rings is 2. The van der Waals surface area contributed by atoms with Crippen LogP contribution in [0, 0.1) is 6.92 Å². The van der Waals surface area contributed by atoms with Gasteiger partial charge in [0.1, 0.15) is 5.75 Å². The number of carbonyl (C=O) groups excluding carboxylic acids is 1. The highest BCUT2D eigenvalue weighted by atomic mass is 35.5. The Bertz CT molecular complexity index is 612. The van der Waals surface area contributed by atoms with E-state index in [4.69, 9.17) is 22.1 Å². The Kier molecular flexibility index (Phi) is 4.48. The van der Waals surface area contributed by atoms with E-state index in [-0.39, 0.29) is 12.5 Å². The molecule has 0 aromatic heterocycles. The first kappa shape index (κ1) is 14.2. The van der Waals surface area contributed by atoms with Gasteiger partial charge in [0, 0.05) is 11.4 Å². The Morgan fingerprint density at radius 1 is 1.25 bits per heavy atom. The first-order valence-electron chi connectivity index (χ1n) is 6.09. The minimum Gasteiger partial charge on any atom is -0.482 e. The summed E-state index contributed by atoms with van der Waals surface area (Å²) in [7, 11) is 0. The Balaban J connectivity index is 1.90. The number of amides is 1. The fourth-order valence-electron chi connectivity index (χ4n) is 1.63. The van der Waals surface area contributed by atoms with Gasteiger partial charge in [-0.05, 0) is 48.9 Å². The Morgan fingerprint density at radius 2 is 1.95 bits per heavy atom. The van der Waals surface area contributed by atoms with Crippen molar-refractivity contribution in [3.63, 3.8) is 0 Å². The number of hydrogen-bond donors (Lipinski definition) is 2. The zero-order chi connectivity index (χ0) is 14.5. The molecule has 0 spiro atoms. The molecule has 0 heterocycles. The van der Waals surface area contributed by atoms with Crippen molar-refractivity contribution in [2.75, 3.05) is 17.7 Å². The quantitative estimate of drug-likeness (QED) is 0.850. The maximum atomic E-state index is 11.7. The fraction of sp³-hybridized carbons (Fsp3) is 0.133. The molecule has 20 heavy (non-hydrogen) atoms. The lowest BCUT2D eigenvalue weighted by molar-refractivity contribution is -0.118. The maximum absolute atomic E-state index is 11.7. The van der Waals surface area contributed by atoms with Crippen molar-refractivity contribution in [1.82, 2.24) is 0 Å². The van der Waals surface area contributed by atoms with E-state index < -0.39 is 0 Å². The first-order chi connectivity index (χ1) is 9.54. The number of nitrogens with two attached hydrogens (primary N) is 1. The van der Waals surface area contributed by atoms with E-state index in [1.165, 1.54) is 0 Å². The zero-order valence-electron chi connectivity index (χ0n) is 11.0. The van der Waals surface area contributed by atoms with Crippen LogP contribution >= 0.6 is 11.6 Å². The number of nitrogens with one attached hydrogen (secondary N) is 1. The molecule has 0 aliphatic heterocycles. The third kappa shape index (κ3) is 3.90. The molecule has 0 bridgehead atoms. The Morgan fingerprint density at radius 3 is 2.60 bits per heavy atom. The van der Waals surface area contributed by atoms with Crippen molar-refractivity contribution in [2.45, 2.75) is 6.92 Å². The average molecular weight is 291 g/mol. The number of halogens is 1. The highest BCUT2D eigenvalue weighted by molar-refractivity contribution is 6.32. The van der Waals surface area contributed by atoms with Gasteiger partial charge in [0.25, 0.3) is 5.91 Å². The van der Waals surface area contributed by atoms with E-state index in [2.05, 4.69) is 5.32 Å². The molecule has 0 aliphatic carbocycles. The molecular weight excluding hydrogens is 276 g/mol. The van der Waals surface area contributed by atoms with Crippen LogP contribution < -0.4 is 15.8 Å². The molecule has 3 N–H and O–H groups in total. The van der Waals surface area contributed by atoms with Gasteiger partial charge in [0.2, 0.25) is 0 Å². The van der Waals surface area contributed by atoms with Gasteiger partial charge in [-0.2, -0.15) is 0 Å². The fourth-order valence-corrected chi connectivity index (χ4v) is 1.92. The van der Waals surface area contributed by atoms with E-state index in [0.717, 1.165) is 5.56 Å². The number of anilines is 2. The van der Waals surface area contributed by atoms with Crippen LogP contribution in [0.5, 0.6) is 5.75 Å². The third-order valence-electron chi connectivity index (χ3n) is 2.64. The first-order valence-corrected chi connectivity index (χ1v) is 6.47. The SMILES string of the molecule is Cc1ccc(OCC(=O)Nc2ccc(N)cc2)c(Cl)c1. The van der Waals surface area contributed by atoms with E-state index in [1.54, 1.807) is 36.4 Å². The summed E-state index contributed by atoms with van der Waals surface area (Å²) < 4.78 is 5.38. The van der Waals surface area contributed by atoms with Crippen LogP contribution in [-0.2, 0) is 4.79 Å². The molecule has 0 saturated carbocycles. The largest absolute Gasteiger partial charge is 0.482 e. The van der Waals surface area contributed by atoms with Crippen LogP contribution in [0.15, 0.2) is 42.5 Å². The summed E-state index contributed by atoms with van der Waals surface area (Å²) in [4.78, 5) is 11.7. The van der Waals surface area contributed by atoms with E-state index in [0.29, 0.717) is 22.1 Å². The lowest BCUT2D eigenvalue weighted by atomic mass is 10.2. The molecule has 2 rings (SSSR count). The summed E-state index contributed by atoms with van der Waals surface area (Å²) in [5.41, 5.74) is 7.92. The Hall–Kier alpha value is -2.20. The lowest BCUT2D eigenvalue weighted by Gasteiger charge is -2.09. The summed E-state index contributed by atoms with van der Waals surface area (Å²) >= 11 is 6.02. The van der Waals surface area contributed by atoms with Crippen molar-refractivity contribution in [3.05, 3.63) is 53.1 Å². The van der Waals surface area contributed by atoms with Gasteiger partial charge in [-0.25, -0.2) is 0 Å². The molecule has 0 unspecified atom stereocenters. The summed E-state index contributed by atoms with van der Waals surface area (Å²) in [6.07, 6.45) is 0.